The van der Waals surface area contributed by atoms with Gasteiger partial charge in [0.05, 0.1) is 24.4 Å². The molecular formula is C21H22ClNO5. The van der Waals surface area contributed by atoms with Gasteiger partial charge in [-0.2, -0.15) is 0 Å². The second-order valence-corrected chi connectivity index (χ2v) is 6.70. The number of rotatable bonds is 7. The lowest BCUT2D eigenvalue weighted by molar-refractivity contribution is 0.104. The van der Waals surface area contributed by atoms with Gasteiger partial charge in [-0.1, -0.05) is 11.6 Å². The van der Waals surface area contributed by atoms with Crippen LogP contribution in [0.2, 0.25) is 0 Å². The lowest BCUT2D eigenvalue weighted by Gasteiger charge is -2.18. The molecule has 0 aromatic heterocycles. The van der Waals surface area contributed by atoms with E-state index in [2.05, 4.69) is 0 Å². The molecule has 0 N–H and O–H groups in total. The summed E-state index contributed by atoms with van der Waals surface area (Å²) in [6, 6.07) is 8.75. The van der Waals surface area contributed by atoms with Crippen molar-refractivity contribution in [3.63, 3.8) is 0 Å². The average Bonchev–Trinajstić information content (AvgIpc) is 3.15. The van der Waals surface area contributed by atoms with Gasteiger partial charge in [0.2, 0.25) is 18.3 Å². The van der Waals surface area contributed by atoms with Crippen molar-refractivity contribution in [3.05, 3.63) is 46.5 Å². The summed E-state index contributed by atoms with van der Waals surface area (Å²) in [6.45, 7) is 2.59. The first-order valence-corrected chi connectivity index (χ1v) is 9.16. The van der Waals surface area contributed by atoms with Crippen molar-refractivity contribution < 1.29 is 23.7 Å². The fraction of sp³-hybridized carbons (Fsp3) is 0.286. The van der Waals surface area contributed by atoms with Gasteiger partial charge in [0.25, 0.3) is 0 Å². The van der Waals surface area contributed by atoms with E-state index in [-0.39, 0.29) is 17.6 Å². The molecule has 28 heavy (non-hydrogen) atoms. The first kappa shape index (κ1) is 19.9. The lowest BCUT2D eigenvalue weighted by Crippen LogP contribution is -2.12. The number of halogens is 1. The number of allylic oxidation sites excluding steroid dienone is 1. The molecule has 0 fully saturated rings. The molecule has 6 nitrogen and oxygen atoms in total. The van der Waals surface area contributed by atoms with Crippen molar-refractivity contribution in [2.24, 2.45) is 0 Å². The van der Waals surface area contributed by atoms with Crippen molar-refractivity contribution in [2.45, 2.75) is 6.92 Å². The van der Waals surface area contributed by atoms with E-state index in [0.717, 1.165) is 5.69 Å². The molecule has 0 aliphatic carbocycles. The molecule has 0 spiro atoms. The normalized spacial score (nSPS) is 12.7. The Labute approximate surface area is 169 Å². The summed E-state index contributed by atoms with van der Waals surface area (Å²) in [5, 5.41) is 0.0785. The predicted octanol–water partition coefficient (Wildman–Crippen LogP) is 4.35. The molecule has 0 saturated heterocycles. The third kappa shape index (κ3) is 4.02. The van der Waals surface area contributed by atoms with Crippen LogP contribution in [0.1, 0.15) is 22.8 Å². The van der Waals surface area contributed by atoms with Gasteiger partial charge in [0.1, 0.15) is 5.75 Å². The number of carbonyl (C=O) groups excluding carboxylic acids is 1. The lowest BCUT2D eigenvalue weighted by atomic mass is 10.1. The molecular weight excluding hydrogens is 382 g/mol. The summed E-state index contributed by atoms with van der Waals surface area (Å²) in [5.41, 5.74) is 1.96. The van der Waals surface area contributed by atoms with Crippen LogP contribution in [0.25, 0.3) is 6.08 Å². The zero-order valence-corrected chi connectivity index (χ0v) is 17.0. The van der Waals surface area contributed by atoms with E-state index < -0.39 is 0 Å². The van der Waals surface area contributed by atoms with Gasteiger partial charge in [0.15, 0.2) is 11.5 Å². The van der Waals surface area contributed by atoms with Crippen LogP contribution in [0, 0.1) is 0 Å². The van der Waals surface area contributed by atoms with Crippen LogP contribution < -0.4 is 23.8 Å². The average molecular weight is 404 g/mol. The van der Waals surface area contributed by atoms with Gasteiger partial charge < -0.3 is 23.8 Å². The third-order valence-electron chi connectivity index (χ3n) is 4.19. The van der Waals surface area contributed by atoms with Crippen molar-refractivity contribution >= 4 is 29.1 Å². The number of anilines is 1. The number of nitrogens with zero attached hydrogens (tertiary/aromatic N) is 1. The zero-order chi connectivity index (χ0) is 20.3. The van der Waals surface area contributed by atoms with Gasteiger partial charge in [-0.15, -0.1) is 0 Å². The van der Waals surface area contributed by atoms with Crippen molar-refractivity contribution in [1.29, 1.82) is 0 Å². The van der Waals surface area contributed by atoms with E-state index in [9.17, 15) is 4.79 Å². The first-order valence-electron chi connectivity index (χ1n) is 8.78. The minimum atomic E-state index is -0.288. The minimum Gasteiger partial charge on any atom is -0.493 e. The largest absolute Gasteiger partial charge is 0.493 e. The van der Waals surface area contributed by atoms with Gasteiger partial charge in [-0.3, -0.25) is 4.79 Å². The van der Waals surface area contributed by atoms with Crippen LogP contribution in [0.3, 0.4) is 0 Å². The van der Waals surface area contributed by atoms with Crippen molar-refractivity contribution in [3.8, 4) is 23.0 Å². The summed E-state index contributed by atoms with van der Waals surface area (Å²) in [5.74, 6) is 2.05. The molecule has 3 rings (SSSR count). The molecule has 2 aromatic carbocycles. The molecule has 1 aliphatic heterocycles. The Balaban J connectivity index is 1.91. The Hall–Kier alpha value is -2.86. The number of hydrogen-bond donors (Lipinski definition) is 0. The second kappa shape index (κ2) is 8.44. The Morgan fingerprint density at radius 3 is 2.68 bits per heavy atom. The Kier molecular flexibility index (Phi) is 5.99. The summed E-state index contributed by atoms with van der Waals surface area (Å²) < 4.78 is 21.7. The molecule has 0 bridgehead atoms. The Morgan fingerprint density at radius 1 is 1.21 bits per heavy atom. The molecule has 7 heteroatoms. The number of hydrogen-bond acceptors (Lipinski definition) is 6. The van der Waals surface area contributed by atoms with E-state index in [4.69, 9.17) is 30.5 Å². The van der Waals surface area contributed by atoms with Gasteiger partial charge in [-0.05, 0) is 48.9 Å². The molecule has 148 valence electrons. The smallest absolute Gasteiger partial charge is 0.231 e. The summed E-state index contributed by atoms with van der Waals surface area (Å²) >= 11 is 6.33. The maximum absolute atomic E-state index is 12.8. The summed E-state index contributed by atoms with van der Waals surface area (Å²) in [7, 11) is 5.32. The van der Waals surface area contributed by atoms with Crippen LogP contribution in [0.4, 0.5) is 5.69 Å². The van der Waals surface area contributed by atoms with Gasteiger partial charge >= 0.3 is 0 Å². The standard InChI is InChI=1S/C21H22ClNO5/c1-5-26-17-7-6-14(11-16(17)23(2)3)20(24)15(22)8-13-9-18(25-4)21-19(10-13)27-12-28-21/h6-11H,5,12H2,1-4H3. The highest BCUT2D eigenvalue weighted by Gasteiger charge is 2.20. The molecule has 0 radical (unpaired) electrons. The number of carbonyl (C=O) groups is 1. The minimum absolute atomic E-state index is 0.0785. The molecule has 0 unspecified atom stereocenters. The zero-order valence-electron chi connectivity index (χ0n) is 16.2. The molecule has 0 saturated carbocycles. The predicted molar refractivity (Wildman–Crippen MR) is 109 cm³/mol. The second-order valence-electron chi connectivity index (χ2n) is 6.29. The van der Waals surface area contributed by atoms with Crippen molar-refractivity contribution in [1.82, 2.24) is 0 Å². The molecule has 2 aromatic rings. The summed E-state index contributed by atoms with van der Waals surface area (Å²) in [4.78, 5) is 14.7. The maximum atomic E-state index is 12.8. The number of ketones is 1. The topological polar surface area (TPSA) is 57.2 Å². The van der Waals surface area contributed by atoms with E-state index in [1.54, 1.807) is 43.5 Å². The monoisotopic (exact) mass is 403 g/mol. The third-order valence-corrected chi connectivity index (χ3v) is 4.47. The SMILES string of the molecule is CCOc1ccc(C(=O)C(Cl)=Cc2cc(OC)c3c(c2)OCO3)cc1N(C)C. The maximum Gasteiger partial charge on any atom is 0.231 e. The Morgan fingerprint density at radius 2 is 2.00 bits per heavy atom. The van der Waals surface area contributed by atoms with E-state index >= 15 is 0 Å². The molecule has 0 atom stereocenters. The van der Waals surface area contributed by atoms with Crippen LogP contribution in [0.15, 0.2) is 35.4 Å². The van der Waals surface area contributed by atoms with Crippen LogP contribution in [0.5, 0.6) is 23.0 Å². The van der Waals surface area contributed by atoms with Crippen molar-refractivity contribution in [2.75, 3.05) is 39.5 Å². The number of fused-ring (bicyclic) bond motifs is 1. The van der Waals surface area contributed by atoms with Crippen LogP contribution in [-0.2, 0) is 0 Å². The quantitative estimate of drug-likeness (QED) is 0.506. The number of benzene rings is 2. The van der Waals surface area contributed by atoms with E-state index in [1.165, 1.54) is 0 Å². The number of Topliss-reactive ketones (excluding diaryl/α,β-unsaturated/α-hetero) is 1. The Bertz CT molecular complexity index is 923. The summed E-state index contributed by atoms with van der Waals surface area (Å²) in [6.07, 6.45) is 1.58. The highest BCUT2D eigenvalue weighted by molar-refractivity contribution is 6.47. The fourth-order valence-corrected chi connectivity index (χ4v) is 3.10. The molecule has 0 amide bonds. The number of methoxy groups -OCH3 is 1. The highest BCUT2D eigenvalue weighted by Crippen LogP contribution is 2.42. The van der Waals surface area contributed by atoms with E-state index in [1.807, 2.05) is 25.9 Å². The van der Waals surface area contributed by atoms with Crippen LogP contribution >= 0.6 is 11.6 Å². The fourth-order valence-electron chi connectivity index (χ4n) is 2.87. The molecule has 1 heterocycles. The van der Waals surface area contributed by atoms with Gasteiger partial charge in [-0.25, -0.2) is 0 Å². The molecule has 1 aliphatic rings. The number of ether oxygens (including phenoxy) is 4. The van der Waals surface area contributed by atoms with E-state index in [0.29, 0.717) is 40.7 Å². The van der Waals surface area contributed by atoms with Crippen LogP contribution in [-0.4, -0.2) is 40.4 Å². The van der Waals surface area contributed by atoms with Gasteiger partial charge in [0, 0.05) is 19.7 Å². The highest BCUT2D eigenvalue weighted by atomic mass is 35.5. The first-order chi connectivity index (χ1) is 13.4.